The minimum atomic E-state index is 0.279. The summed E-state index contributed by atoms with van der Waals surface area (Å²) in [6.45, 7) is 3.97. The van der Waals surface area contributed by atoms with Crippen molar-refractivity contribution in [1.82, 2.24) is 15.5 Å². The zero-order chi connectivity index (χ0) is 9.10. The molecule has 1 atom stereocenters. The van der Waals surface area contributed by atoms with Crippen LogP contribution in [0.1, 0.15) is 17.8 Å². The highest BCUT2D eigenvalue weighted by molar-refractivity contribution is 7.12. The molecule has 1 fully saturated rings. The minimum Gasteiger partial charge on any atom is -0.464 e. The standard InChI is InChI=1S/C8H13N3OS/c1-6-10-11-8(13-6)12-7-3-2-4-9-5-7/h7,9H,2-5H2,1H3/t7-/m0/s1. The Labute approximate surface area is 81.3 Å². The fourth-order valence-corrected chi connectivity index (χ4v) is 1.99. The molecular formula is C8H13N3OS. The van der Waals surface area contributed by atoms with E-state index < -0.39 is 0 Å². The van der Waals surface area contributed by atoms with Gasteiger partial charge in [0, 0.05) is 6.54 Å². The first-order valence-electron chi connectivity index (χ1n) is 4.52. The van der Waals surface area contributed by atoms with Gasteiger partial charge in [0.25, 0.3) is 5.19 Å². The highest BCUT2D eigenvalue weighted by atomic mass is 32.1. The summed E-state index contributed by atoms with van der Waals surface area (Å²) in [4.78, 5) is 0. The Balaban J connectivity index is 1.89. The molecule has 2 rings (SSSR count). The van der Waals surface area contributed by atoms with Crippen molar-refractivity contribution in [3.05, 3.63) is 5.01 Å². The van der Waals surface area contributed by atoms with Gasteiger partial charge >= 0.3 is 0 Å². The smallest absolute Gasteiger partial charge is 0.294 e. The highest BCUT2D eigenvalue weighted by Crippen LogP contribution is 2.19. The largest absolute Gasteiger partial charge is 0.464 e. The summed E-state index contributed by atoms with van der Waals surface area (Å²) in [6, 6.07) is 0. The van der Waals surface area contributed by atoms with E-state index in [0.717, 1.165) is 24.5 Å². The van der Waals surface area contributed by atoms with Crippen LogP contribution in [-0.4, -0.2) is 29.4 Å². The van der Waals surface area contributed by atoms with Crippen molar-refractivity contribution >= 4 is 11.3 Å². The van der Waals surface area contributed by atoms with Crippen LogP contribution in [-0.2, 0) is 0 Å². The van der Waals surface area contributed by atoms with E-state index in [2.05, 4.69) is 15.5 Å². The first-order valence-corrected chi connectivity index (χ1v) is 5.34. The summed E-state index contributed by atoms with van der Waals surface area (Å²) in [5.41, 5.74) is 0. The topological polar surface area (TPSA) is 47.0 Å². The third-order valence-corrected chi connectivity index (χ3v) is 2.76. The molecule has 1 aliphatic heterocycles. The molecule has 0 aromatic carbocycles. The Morgan fingerprint density at radius 1 is 1.54 bits per heavy atom. The number of ether oxygens (including phenoxy) is 1. The van der Waals surface area contributed by atoms with Gasteiger partial charge in [-0.05, 0) is 26.3 Å². The van der Waals surface area contributed by atoms with E-state index in [9.17, 15) is 0 Å². The van der Waals surface area contributed by atoms with Gasteiger partial charge in [0.15, 0.2) is 0 Å². The Bertz CT molecular complexity index is 270. The van der Waals surface area contributed by atoms with Crippen molar-refractivity contribution in [2.24, 2.45) is 0 Å². The molecule has 0 amide bonds. The molecule has 0 saturated carbocycles. The quantitative estimate of drug-likeness (QED) is 0.771. The summed E-state index contributed by atoms with van der Waals surface area (Å²) in [5, 5.41) is 12.8. The second-order valence-corrected chi connectivity index (χ2v) is 4.32. The average Bonchev–Trinajstić information content (AvgIpc) is 2.53. The van der Waals surface area contributed by atoms with Gasteiger partial charge in [0.2, 0.25) is 0 Å². The molecule has 4 nitrogen and oxygen atoms in total. The maximum absolute atomic E-state index is 5.66. The summed E-state index contributed by atoms with van der Waals surface area (Å²) in [7, 11) is 0. The van der Waals surface area contributed by atoms with Crippen LogP contribution < -0.4 is 10.1 Å². The van der Waals surface area contributed by atoms with E-state index in [-0.39, 0.29) is 6.10 Å². The molecule has 0 bridgehead atoms. The molecule has 0 aliphatic carbocycles. The zero-order valence-corrected chi connectivity index (χ0v) is 8.43. The Kier molecular flexibility index (Phi) is 2.75. The van der Waals surface area contributed by atoms with Gasteiger partial charge in [-0.2, -0.15) is 0 Å². The minimum absolute atomic E-state index is 0.279. The zero-order valence-electron chi connectivity index (χ0n) is 7.62. The van der Waals surface area contributed by atoms with E-state index in [4.69, 9.17) is 4.74 Å². The second-order valence-electron chi connectivity index (χ2n) is 3.17. The number of nitrogens with one attached hydrogen (secondary N) is 1. The first kappa shape index (κ1) is 8.90. The van der Waals surface area contributed by atoms with Crippen LogP contribution >= 0.6 is 11.3 Å². The van der Waals surface area contributed by atoms with Crippen LogP contribution in [0.5, 0.6) is 5.19 Å². The number of aromatic nitrogens is 2. The average molecular weight is 199 g/mol. The fraction of sp³-hybridized carbons (Fsp3) is 0.750. The lowest BCUT2D eigenvalue weighted by atomic mass is 10.1. The number of rotatable bonds is 2. The SMILES string of the molecule is Cc1nnc(O[C@H]2CCCNC2)s1. The molecule has 0 unspecified atom stereocenters. The number of nitrogens with zero attached hydrogens (tertiary/aromatic N) is 2. The molecule has 5 heteroatoms. The van der Waals surface area contributed by atoms with Crippen molar-refractivity contribution in [3.63, 3.8) is 0 Å². The van der Waals surface area contributed by atoms with E-state index in [1.165, 1.54) is 17.8 Å². The highest BCUT2D eigenvalue weighted by Gasteiger charge is 2.15. The van der Waals surface area contributed by atoms with Gasteiger partial charge in [-0.25, -0.2) is 0 Å². The van der Waals surface area contributed by atoms with Crippen molar-refractivity contribution in [1.29, 1.82) is 0 Å². The van der Waals surface area contributed by atoms with Gasteiger partial charge in [-0.15, -0.1) is 10.2 Å². The van der Waals surface area contributed by atoms with Gasteiger partial charge < -0.3 is 10.1 Å². The lowest BCUT2D eigenvalue weighted by Crippen LogP contribution is -2.37. The van der Waals surface area contributed by atoms with Gasteiger partial charge in [0.1, 0.15) is 11.1 Å². The third-order valence-electron chi connectivity index (χ3n) is 2.03. The molecule has 1 aromatic rings. The normalized spacial score (nSPS) is 23.0. The van der Waals surface area contributed by atoms with E-state index in [1.54, 1.807) is 0 Å². The van der Waals surface area contributed by atoms with Crippen molar-refractivity contribution in [3.8, 4) is 5.19 Å². The molecule has 1 aromatic heterocycles. The van der Waals surface area contributed by atoms with E-state index in [0.29, 0.717) is 5.19 Å². The van der Waals surface area contributed by atoms with Gasteiger partial charge in [-0.1, -0.05) is 11.3 Å². The van der Waals surface area contributed by atoms with E-state index in [1.807, 2.05) is 6.92 Å². The van der Waals surface area contributed by atoms with Gasteiger partial charge in [-0.3, -0.25) is 0 Å². The molecule has 1 N–H and O–H groups in total. The number of hydrogen-bond donors (Lipinski definition) is 1. The number of hydrogen-bond acceptors (Lipinski definition) is 5. The maximum atomic E-state index is 5.66. The molecule has 1 aliphatic rings. The molecule has 0 radical (unpaired) electrons. The predicted octanol–water partition coefficient (Wildman–Crippen LogP) is 0.977. The van der Waals surface area contributed by atoms with Crippen LogP contribution in [0.25, 0.3) is 0 Å². The summed E-state index contributed by atoms with van der Waals surface area (Å²) >= 11 is 1.51. The summed E-state index contributed by atoms with van der Waals surface area (Å²) in [6.07, 6.45) is 2.58. The van der Waals surface area contributed by atoms with E-state index >= 15 is 0 Å². The predicted molar refractivity (Wildman–Crippen MR) is 51.2 cm³/mol. The van der Waals surface area contributed by atoms with Crippen molar-refractivity contribution < 1.29 is 4.74 Å². The monoisotopic (exact) mass is 199 g/mol. The molecule has 72 valence electrons. The Morgan fingerprint density at radius 3 is 3.08 bits per heavy atom. The molecular weight excluding hydrogens is 186 g/mol. The van der Waals surface area contributed by atoms with Crippen molar-refractivity contribution in [2.45, 2.75) is 25.9 Å². The number of piperidine rings is 1. The molecule has 13 heavy (non-hydrogen) atoms. The second kappa shape index (κ2) is 4.02. The van der Waals surface area contributed by atoms with Crippen LogP contribution in [0.15, 0.2) is 0 Å². The fourth-order valence-electron chi connectivity index (χ4n) is 1.39. The van der Waals surface area contributed by atoms with Crippen molar-refractivity contribution in [2.75, 3.05) is 13.1 Å². The Morgan fingerprint density at radius 2 is 2.46 bits per heavy atom. The first-order chi connectivity index (χ1) is 6.34. The lowest BCUT2D eigenvalue weighted by Gasteiger charge is -2.21. The van der Waals surface area contributed by atoms with Crippen LogP contribution in [0.2, 0.25) is 0 Å². The lowest BCUT2D eigenvalue weighted by molar-refractivity contribution is 0.165. The number of aryl methyl sites for hydroxylation is 1. The van der Waals surface area contributed by atoms with Crippen LogP contribution in [0.3, 0.4) is 0 Å². The van der Waals surface area contributed by atoms with Crippen LogP contribution in [0, 0.1) is 6.92 Å². The third kappa shape index (κ3) is 2.38. The molecule has 1 saturated heterocycles. The molecule has 0 spiro atoms. The molecule has 2 heterocycles. The van der Waals surface area contributed by atoms with Gasteiger partial charge in [0.05, 0.1) is 0 Å². The Hall–Kier alpha value is -0.680. The summed E-state index contributed by atoms with van der Waals surface area (Å²) < 4.78 is 5.66. The summed E-state index contributed by atoms with van der Waals surface area (Å²) in [5.74, 6) is 0. The maximum Gasteiger partial charge on any atom is 0.294 e. The van der Waals surface area contributed by atoms with Crippen LogP contribution in [0.4, 0.5) is 0 Å².